The van der Waals surface area contributed by atoms with Crippen LogP contribution in [0.1, 0.15) is 17.5 Å². The smallest absolute Gasteiger partial charge is 0.481 e. The fourth-order valence-electron chi connectivity index (χ4n) is 2.53. The Bertz CT molecular complexity index is 740. The maximum absolute atomic E-state index is 12.2. The van der Waals surface area contributed by atoms with E-state index in [-0.39, 0.29) is 30.8 Å². The van der Waals surface area contributed by atoms with Crippen molar-refractivity contribution in [3.05, 3.63) is 65.7 Å². The van der Waals surface area contributed by atoms with E-state index in [0.29, 0.717) is 5.56 Å². The van der Waals surface area contributed by atoms with Gasteiger partial charge in [0.25, 0.3) is 0 Å². The van der Waals surface area contributed by atoms with Gasteiger partial charge in [-0.25, -0.2) is 0 Å². The fraction of sp³-hybridized carbons (Fsp3) is 0.263. The number of carboxylic acids is 1. The van der Waals surface area contributed by atoms with Gasteiger partial charge in [-0.3, -0.25) is 9.59 Å². The van der Waals surface area contributed by atoms with Gasteiger partial charge in [-0.2, -0.15) is 0 Å². The molecule has 0 heterocycles. The van der Waals surface area contributed by atoms with Crippen molar-refractivity contribution in [1.29, 1.82) is 0 Å². The van der Waals surface area contributed by atoms with Crippen molar-refractivity contribution >= 4 is 11.8 Å². The summed E-state index contributed by atoms with van der Waals surface area (Å²) < 4.78 is 40.1. The molecule has 2 aromatic carbocycles. The van der Waals surface area contributed by atoms with Crippen LogP contribution in [0.25, 0.3) is 0 Å². The molecule has 138 valence electrons. The molecular weight excluding hydrogens is 349 g/mol. The molecular formula is C19H17F3O4. The highest BCUT2D eigenvalue weighted by atomic mass is 19.4. The highest BCUT2D eigenvalue weighted by Crippen LogP contribution is 2.23. The van der Waals surface area contributed by atoms with Crippen molar-refractivity contribution in [2.24, 2.45) is 5.92 Å². The Hall–Kier alpha value is -2.83. The van der Waals surface area contributed by atoms with Crippen molar-refractivity contribution in [3.63, 3.8) is 0 Å². The zero-order valence-corrected chi connectivity index (χ0v) is 13.7. The molecule has 0 fully saturated rings. The number of Topliss-reactive ketones (excluding diaryl/α,β-unsaturated/α-hetero) is 1. The molecule has 0 radical (unpaired) electrons. The third kappa shape index (κ3) is 6.58. The van der Waals surface area contributed by atoms with E-state index in [9.17, 15) is 27.9 Å². The molecule has 26 heavy (non-hydrogen) atoms. The van der Waals surface area contributed by atoms with Gasteiger partial charge < -0.3 is 9.84 Å². The topological polar surface area (TPSA) is 63.6 Å². The van der Waals surface area contributed by atoms with E-state index < -0.39 is 18.2 Å². The quantitative estimate of drug-likeness (QED) is 0.766. The average Bonchev–Trinajstić information content (AvgIpc) is 2.55. The molecule has 1 unspecified atom stereocenters. The predicted octanol–water partition coefficient (Wildman–Crippen LogP) is 4.03. The summed E-state index contributed by atoms with van der Waals surface area (Å²) in [5.41, 5.74) is 1.31. The fourth-order valence-corrected chi connectivity index (χ4v) is 2.53. The number of ether oxygens (including phenoxy) is 1. The van der Waals surface area contributed by atoms with Crippen molar-refractivity contribution in [3.8, 4) is 5.75 Å². The molecule has 0 aliphatic rings. The zero-order chi connectivity index (χ0) is 19.2. The van der Waals surface area contributed by atoms with Crippen LogP contribution >= 0.6 is 0 Å². The van der Waals surface area contributed by atoms with Crippen molar-refractivity contribution in [2.45, 2.75) is 25.6 Å². The Kier molecular flexibility index (Phi) is 6.38. The molecule has 0 saturated carbocycles. The van der Waals surface area contributed by atoms with Crippen molar-refractivity contribution in [2.75, 3.05) is 0 Å². The Morgan fingerprint density at radius 3 is 2.12 bits per heavy atom. The number of carbonyl (C=O) groups is 2. The van der Waals surface area contributed by atoms with Gasteiger partial charge in [0.15, 0.2) is 0 Å². The first-order valence-corrected chi connectivity index (χ1v) is 7.86. The lowest BCUT2D eigenvalue weighted by Gasteiger charge is -2.12. The number of ketones is 1. The number of hydrogen-bond acceptors (Lipinski definition) is 3. The molecule has 2 aromatic rings. The maximum atomic E-state index is 12.2. The summed E-state index contributed by atoms with van der Waals surface area (Å²) in [5.74, 6) is -2.58. The standard InChI is InChI=1S/C19H17F3O4/c20-19(21,22)26-17-8-6-14(7-9-17)11-16(23)12-15(18(24)25)10-13-4-2-1-3-5-13/h1-9,15H,10-12H2,(H,24,25). The molecule has 4 nitrogen and oxygen atoms in total. The van der Waals surface area contributed by atoms with Crippen LogP contribution in [0, 0.1) is 5.92 Å². The van der Waals surface area contributed by atoms with E-state index in [4.69, 9.17) is 0 Å². The van der Waals surface area contributed by atoms with E-state index >= 15 is 0 Å². The summed E-state index contributed by atoms with van der Waals surface area (Å²) in [7, 11) is 0. The monoisotopic (exact) mass is 366 g/mol. The summed E-state index contributed by atoms with van der Waals surface area (Å²) in [6, 6.07) is 13.9. The second-order valence-electron chi connectivity index (χ2n) is 5.84. The molecule has 2 rings (SSSR count). The molecule has 7 heteroatoms. The number of alkyl halides is 3. The van der Waals surface area contributed by atoms with Gasteiger partial charge in [0.2, 0.25) is 0 Å². The molecule has 0 spiro atoms. The van der Waals surface area contributed by atoms with Crippen molar-refractivity contribution < 1.29 is 32.6 Å². The Balaban J connectivity index is 1.94. The minimum absolute atomic E-state index is 0.0507. The number of hydrogen-bond donors (Lipinski definition) is 1. The van der Waals surface area contributed by atoms with Crippen LogP contribution in [0.3, 0.4) is 0 Å². The molecule has 0 saturated heterocycles. The van der Waals surface area contributed by atoms with Crippen LogP contribution in [0.2, 0.25) is 0 Å². The normalized spacial score (nSPS) is 12.4. The van der Waals surface area contributed by atoms with E-state index in [1.807, 2.05) is 6.07 Å². The molecule has 1 atom stereocenters. The molecule has 0 amide bonds. The number of carbonyl (C=O) groups excluding carboxylic acids is 1. The lowest BCUT2D eigenvalue weighted by atomic mass is 9.92. The molecule has 0 aromatic heterocycles. The summed E-state index contributed by atoms with van der Waals surface area (Å²) in [4.78, 5) is 23.6. The number of carboxylic acid groups (broad SMARTS) is 1. The molecule has 1 N–H and O–H groups in total. The van der Waals surface area contributed by atoms with Crippen LogP contribution in [-0.2, 0) is 22.4 Å². The largest absolute Gasteiger partial charge is 0.573 e. The first-order valence-electron chi connectivity index (χ1n) is 7.86. The van der Waals surface area contributed by atoms with Crippen LogP contribution in [0.15, 0.2) is 54.6 Å². The van der Waals surface area contributed by atoms with Gasteiger partial charge >= 0.3 is 12.3 Å². The van der Waals surface area contributed by atoms with Crippen molar-refractivity contribution in [1.82, 2.24) is 0 Å². The summed E-state index contributed by atoms with van der Waals surface area (Å²) in [5, 5.41) is 9.32. The second-order valence-corrected chi connectivity index (χ2v) is 5.84. The minimum Gasteiger partial charge on any atom is -0.481 e. The van der Waals surface area contributed by atoms with E-state index in [1.165, 1.54) is 12.1 Å². The highest BCUT2D eigenvalue weighted by Gasteiger charge is 2.31. The summed E-state index contributed by atoms with van der Waals surface area (Å²) in [6.45, 7) is 0. The van der Waals surface area contributed by atoms with Crippen LogP contribution in [0.5, 0.6) is 5.75 Å². The second kappa shape index (κ2) is 8.51. The number of benzene rings is 2. The van der Waals surface area contributed by atoms with E-state index in [2.05, 4.69) is 4.74 Å². The van der Waals surface area contributed by atoms with Crippen LogP contribution in [0.4, 0.5) is 13.2 Å². The van der Waals surface area contributed by atoms with E-state index in [1.54, 1.807) is 24.3 Å². The average molecular weight is 366 g/mol. The Labute approximate surface area is 148 Å². The van der Waals surface area contributed by atoms with Crippen LogP contribution < -0.4 is 4.74 Å². The first kappa shape index (κ1) is 19.5. The molecule has 0 aliphatic heterocycles. The van der Waals surface area contributed by atoms with Gasteiger partial charge in [-0.05, 0) is 29.7 Å². The van der Waals surface area contributed by atoms with Crippen LogP contribution in [-0.4, -0.2) is 23.2 Å². The number of halogens is 3. The van der Waals surface area contributed by atoms with E-state index in [0.717, 1.165) is 17.7 Å². The third-order valence-electron chi connectivity index (χ3n) is 3.71. The first-order chi connectivity index (χ1) is 12.2. The lowest BCUT2D eigenvalue weighted by molar-refractivity contribution is -0.274. The van der Waals surface area contributed by atoms with Gasteiger partial charge in [-0.15, -0.1) is 13.2 Å². The van der Waals surface area contributed by atoms with Gasteiger partial charge in [-0.1, -0.05) is 42.5 Å². The predicted molar refractivity (Wildman–Crippen MR) is 87.7 cm³/mol. The maximum Gasteiger partial charge on any atom is 0.573 e. The SMILES string of the molecule is O=C(Cc1ccc(OC(F)(F)F)cc1)CC(Cc1ccccc1)C(=O)O. The Morgan fingerprint density at radius 1 is 0.962 bits per heavy atom. The Morgan fingerprint density at radius 2 is 1.58 bits per heavy atom. The van der Waals surface area contributed by atoms with Gasteiger partial charge in [0, 0.05) is 12.8 Å². The van der Waals surface area contributed by atoms with Gasteiger partial charge in [0.1, 0.15) is 11.5 Å². The number of aliphatic carboxylic acids is 1. The molecule has 0 aliphatic carbocycles. The number of rotatable bonds is 8. The summed E-state index contributed by atoms with van der Waals surface area (Å²) >= 11 is 0. The highest BCUT2D eigenvalue weighted by molar-refractivity contribution is 5.85. The zero-order valence-electron chi connectivity index (χ0n) is 13.7. The lowest BCUT2D eigenvalue weighted by Crippen LogP contribution is -2.21. The minimum atomic E-state index is -4.77. The van der Waals surface area contributed by atoms with Gasteiger partial charge in [0.05, 0.1) is 5.92 Å². The third-order valence-corrected chi connectivity index (χ3v) is 3.71. The summed E-state index contributed by atoms with van der Waals surface area (Å²) in [6.07, 6.45) is -4.74. The molecule has 0 bridgehead atoms.